The van der Waals surface area contributed by atoms with Gasteiger partial charge in [0.05, 0.1) is 6.04 Å². The van der Waals surface area contributed by atoms with Crippen molar-refractivity contribution < 1.29 is 0 Å². The van der Waals surface area contributed by atoms with Gasteiger partial charge in [0.25, 0.3) is 0 Å². The maximum atomic E-state index is 3.64. The minimum absolute atomic E-state index is 0.229. The Kier molecular flexibility index (Phi) is 4.66. The van der Waals surface area contributed by atoms with Gasteiger partial charge in [0, 0.05) is 4.47 Å². The number of rotatable bonds is 3. The molecule has 106 valence electrons. The third-order valence-corrected chi connectivity index (χ3v) is 4.70. The monoisotopic (exact) mass is 331 g/mol. The van der Waals surface area contributed by atoms with Crippen LogP contribution in [0.1, 0.15) is 39.4 Å². The first-order valence-corrected chi connectivity index (χ1v) is 7.74. The van der Waals surface area contributed by atoms with Crippen LogP contribution in [-0.4, -0.2) is 7.05 Å². The molecule has 0 aliphatic heterocycles. The van der Waals surface area contributed by atoms with Crippen LogP contribution in [0.2, 0.25) is 0 Å². The summed E-state index contributed by atoms with van der Waals surface area (Å²) in [5.41, 5.74) is 7.95. The molecule has 2 aromatic carbocycles. The summed E-state index contributed by atoms with van der Waals surface area (Å²) in [6, 6.07) is 11.3. The van der Waals surface area contributed by atoms with Crippen molar-refractivity contribution in [2.75, 3.05) is 7.05 Å². The van der Waals surface area contributed by atoms with E-state index in [1.807, 2.05) is 7.05 Å². The second kappa shape index (κ2) is 6.11. The van der Waals surface area contributed by atoms with Crippen molar-refractivity contribution in [3.05, 3.63) is 68.2 Å². The summed E-state index contributed by atoms with van der Waals surface area (Å²) >= 11 is 3.64. The van der Waals surface area contributed by atoms with E-state index in [1.54, 1.807) is 0 Å². The van der Waals surface area contributed by atoms with Gasteiger partial charge < -0.3 is 5.32 Å². The SMILES string of the molecule is CNC(c1ccc(C)c(Br)c1)c1c(C)cc(C)cc1C. The third-order valence-electron chi connectivity index (χ3n) is 3.84. The Labute approximate surface area is 130 Å². The molecule has 0 aromatic heterocycles. The van der Waals surface area contributed by atoms with Gasteiger partial charge in [0.2, 0.25) is 0 Å². The highest BCUT2D eigenvalue weighted by molar-refractivity contribution is 9.10. The van der Waals surface area contributed by atoms with E-state index >= 15 is 0 Å². The molecule has 1 N–H and O–H groups in total. The molecule has 0 bridgehead atoms. The van der Waals surface area contributed by atoms with Crippen molar-refractivity contribution in [3.8, 4) is 0 Å². The lowest BCUT2D eigenvalue weighted by atomic mass is 9.90. The molecule has 1 atom stereocenters. The molecule has 0 saturated carbocycles. The number of nitrogens with one attached hydrogen (secondary N) is 1. The lowest BCUT2D eigenvalue weighted by molar-refractivity contribution is 0.682. The van der Waals surface area contributed by atoms with E-state index in [0.717, 1.165) is 4.47 Å². The van der Waals surface area contributed by atoms with Crippen molar-refractivity contribution in [2.45, 2.75) is 33.7 Å². The van der Waals surface area contributed by atoms with E-state index < -0.39 is 0 Å². The maximum Gasteiger partial charge on any atom is 0.0579 e. The van der Waals surface area contributed by atoms with Gasteiger partial charge >= 0.3 is 0 Å². The second-order valence-electron chi connectivity index (χ2n) is 5.54. The summed E-state index contributed by atoms with van der Waals surface area (Å²) < 4.78 is 1.16. The van der Waals surface area contributed by atoms with Gasteiger partial charge in [-0.2, -0.15) is 0 Å². The van der Waals surface area contributed by atoms with Gasteiger partial charge in [-0.1, -0.05) is 45.8 Å². The first-order chi connectivity index (χ1) is 9.43. The van der Waals surface area contributed by atoms with E-state index in [1.165, 1.54) is 33.4 Å². The highest BCUT2D eigenvalue weighted by atomic mass is 79.9. The molecule has 20 heavy (non-hydrogen) atoms. The zero-order chi connectivity index (χ0) is 14.9. The Morgan fingerprint density at radius 2 is 1.50 bits per heavy atom. The fourth-order valence-electron chi connectivity index (χ4n) is 2.91. The predicted octanol–water partition coefficient (Wildman–Crippen LogP) is 4.99. The molecule has 0 aliphatic rings. The lowest BCUT2D eigenvalue weighted by Crippen LogP contribution is -2.20. The van der Waals surface area contributed by atoms with E-state index in [0.29, 0.717) is 0 Å². The van der Waals surface area contributed by atoms with Crippen molar-refractivity contribution in [1.82, 2.24) is 5.32 Å². The predicted molar refractivity (Wildman–Crippen MR) is 90.4 cm³/mol. The molecular weight excluding hydrogens is 310 g/mol. The fourth-order valence-corrected chi connectivity index (χ4v) is 3.31. The van der Waals surface area contributed by atoms with Gasteiger partial charge in [-0.15, -0.1) is 0 Å². The molecular formula is C18H22BrN. The largest absolute Gasteiger partial charge is 0.309 e. The van der Waals surface area contributed by atoms with Crippen LogP contribution in [-0.2, 0) is 0 Å². The van der Waals surface area contributed by atoms with E-state index in [-0.39, 0.29) is 6.04 Å². The van der Waals surface area contributed by atoms with Crippen molar-refractivity contribution >= 4 is 15.9 Å². The Morgan fingerprint density at radius 1 is 0.900 bits per heavy atom. The summed E-state index contributed by atoms with van der Waals surface area (Å²) in [5, 5.41) is 3.46. The van der Waals surface area contributed by atoms with E-state index in [9.17, 15) is 0 Å². The molecule has 2 heteroatoms. The highest BCUT2D eigenvalue weighted by Gasteiger charge is 2.17. The van der Waals surface area contributed by atoms with E-state index in [2.05, 4.69) is 79.3 Å². The highest BCUT2D eigenvalue weighted by Crippen LogP contribution is 2.30. The van der Waals surface area contributed by atoms with Crippen LogP contribution in [0.4, 0.5) is 0 Å². The summed E-state index contributed by atoms with van der Waals surface area (Å²) in [6.45, 7) is 8.66. The zero-order valence-electron chi connectivity index (χ0n) is 12.8. The van der Waals surface area contributed by atoms with Crippen molar-refractivity contribution in [1.29, 1.82) is 0 Å². The Balaban J connectivity index is 2.55. The second-order valence-corrected chi connectivity index (χ2v) is 6.40. The van der Waals surface area contributed by atoms with Crippen molar-refractivity contribution in [2.24, 2.45) is 0 Å². The van der Waals surface area contributed by atoms with Crippen LogP contribution >= 0.6 is 15.9 Å². The van der Waals surface area contributed by atoms with Gasteiger partial charge in [0.1, 0.15) is 0 Å². The Hall–Kier alpha value is -1.12. The molecule has 1 unspecified atom stereocenters. The van der Waals surface area contributed by atoms with Crippen LogP contribution in [0.25, 0.3) is 0 Å². The van der Waals surface area contributed by atoms with Gasteiger partial charge in [-0.05, 0) is 68.6 Å². The van der Waals surface area contributed by atoms with Gasteiger partial charge in [-0.3, -0.25) is 0 Å². The quantitative estimate of drug-likeness (QED) is 0.835. The molecule has 0 saturated heterocycles. The molecule has 0 fully saturated rings. The fraction of sp³-hybridized carbons (Fsp3) is 0.333. The van der Waals surface area contributed by atoms with Crippen LogP contribution in [0.5, 0.6) is 0 Å². The zero-order valence-corrected chi connectivity index (χ0v) is 14.4. The molecule has 2 rings (SSSR count). The minimum atomic E-state index is 0.229. The Bertz CT molecular complexity index is 608. The smallest absolute Gasteiger partial charge is 0.0579 e. The molecule has 0 radical (unpaired) electrons. The summed E-state index contributed by atoms with van der Waals surface area (Å²) in [7, 11) is 2.02. The van der Waals surface area contributed by atoms with Crippen LogP contribution in [0.3, 0.4) is 0 Å². The van der Waals surface area contributed by atoms with Gasteiger partial charge in [-0.25, -0.2) is 0 Å². The third kappa shape index (κ3) is 2.97. The average molecular weight is 332 g/mol. The lowest BCUT2D eigenvalue weighted by Gasteiger charge is -2.23. The molecule has 0 heterocycles. The average Bonchev–Trinajstić information content (AvgIpc) is 2.37. The summed E-state index contributed by atoms with van der Waals surface area (Å²) in [6.07, 6.45) is 0. The summed E-state index contributed by atoms with van der Waals surface area (Å²) in [4.78, 5) is 0. The van der Waals surface area contributed by atoms with Crippen LogP contribution in [0, 0.1) is 27.7 Å². The van der Waals surface area contributed by atoms with E-state index in [4.69, 9.17) is 0 Å². The normalized spacial score (nSPS) is 12.5. The molecule has 1 nitrogen and oxygen atoms in total. The first kappa shape index (κ1) is 15.3. The summed E-state index contributed by atoms with van der Waals surface area (Å²) in [5.74, 6) is 0. The Morgan fingerprint density at radius 3 is 2.00 bits per heavy atom. The van der Waals surface area contributed by atoms with Gasteiger partial charge in [0.15, 0.2) is 0 Å². The van der Waals surface area contributed by atoms with Crippen LogP contribution in [0.15, 0.2) is 34.8 Å². The number of benzene rings is 2. The molecule has 0 amide bonds. The molecule has 2 aromatic rings. The minimum Gasteiger partial charge on any atom is -0.309 e. The van der Waals surface area contributed by atoms with Crippen LogP contribution < -0.4 is 5.32 Å². The maximum absolute atomic E-state index is 3.64. The number of hydrogen-bond acceptors (Lipinski definition) is 1. The number of halogens is 1. The standard InChI is InChI=1S/C18H22BrN/c1-11-8-13(3)17(14(4)9-11)18(20-5)15-7-6-12(2)16(19)10-15/h6-10,18,20H,1-5H3. The number of hydrogen-bond donors (Lipinski definition) is 1. The topological polar surface area (TPSA) is 12.0 Å². The first-order valence-electron chi connectivity index (χ1n) is 6.95. The molecule has 0 spiro atoms. The van der Waals surface area contributed by atoms with Crippen molar-refractivity contribution in [3.63, 3.8) is 0 Å². The number of aryl methyl sites for hydroxylation is 4. The molecule has 0 aliphatic carbocycles.